The smallest absolute Gasteiger partial charge is 0.280 e. The van der Waals surface area contributed by atoms with Crippen molar-refractivity contribution in [2.24, 2.45) is 0 Å². The Morgan fingerprint density at radius 1 is 1.33 bits per heavy atom. The summed E-state index contributed by atoms with van der Waals surface area (Å²) in [5.74, 6) is 2.46. The van der Waals surface area contributed by atoms with Gasteiger partial charge in [0, 0.05) is 5.54 Å². The summed E-state index contributed by atoms with van der Waals surface area (Å²) in [7, 11) is -3.70. The molecule has 0 aliphatic heterocycles. The summed E-state index contributed by atoms with van der Waals surface area (Å²) < 4.78 is 31.0. The predicted molar refractivity (Wildman–Crippen MR) is 103 cm³/mol. The number of sulfonamides is 1. The molecule has 0 spiro atoms. The molecular weight excluding hydrogens is 386 g/mol. The lowest BCUT2D eigenvalue weighted by Crippen LogP contribution is -2.34. The van der Waals surface area contributed by atoms with Gasteiger partial charge in [0.25, 0.3) is 0 Å². The fourth-order valence-electron chi connectivity index (χ4n) is 2.88. The third-order valence-corrected chi connectivity index (χ3v) is 7.01. The number of aromatic nitrogens is 4. The van der Waals surface area contributed by atoms with Gasteiger partial charge in [-0.3, -0.25) is 4.57 Å². The Labute approximate surface area is 159 Å². The third kappa shape index (κ3) is 3.07. The van der Waals surface area contributed by atoms with E-state index in [1.165, 1.54) is 32.6 Å². The molecule has 2 aromatic heterocycles. The highest BCUT2D eigenvalue weighted by Gasteiger charge is 2.41. The SMILES string of the molecule is C#CCn1c(=O)n(-c2nnc(C)s2)c2cc(S(=O)(=O)NC3(C)CC3)ccc21. The number of fused-ring (bicyclic) bond motifs is 1. The minimum absolute atomic E-state index is 0.0720. The maximum atomic E-state index is 12.9. The molecule has 8 nitrogen and oxygen atoms in total. The van der Waals surface area contributed by atoms with E-state index in [0.717, 1.165) is 12.8 Å². The lowest BCUT2D eigenvalue weighted by Gasteiger charge is -2.12. The Kier molecular flexibility index (Phi) is 3.99. The maximum absolute atomic E-state index is 12.9. The van der Waals surface area contributed by atoms with E-state index in [0.29, 0.717) is 21.2 Å². The molecule has 1 fully saturated rings. The first-order valence-electron chi connectivity index (χ1n) is 8.27. The van der Waals surface area contributed by atoms with Gasteiger partial charge in [0.1, 0.15) is 5.01 Å². The Morgan fingerprint density at radius 2 is 2.07 bits per heavy atom. The Hall–Kier alpha value is -2.48. The standard InChI is InChI=1S/C17H17N5O3S2/c1-4-9-21-13-6-5-12(27(24,25)20-17(3)7-8-17)10-14(13)22(16(21)23)15-19-18-11(2)26-15/h1,5-6,10,20H,7-9H2,2-3H3. The summed E-state index contributed by atoms with van der Waals surface area (Å²) in [6.07, 6.45) is 7.01. The highest BCUT2D eigenvalue weighted by Crippen LogP contribution is 2.36. The van der Waals surface area contributed by atoms with E-state index in [-0.39, 0.29) is 22.7 Å². The molecular formula is C17H17N5O3S2. The number of aryl methyl sites for hydroxylation is 1. The quantitative estimate of drug-likeness (QED) is 0.650. The number of rotatable bonds is 5. The number of nitrogens with zero attached hydrogens (tertiary/aromatic N) is 4. The largest absolute Gasteiger partial charge is 0.336 e. The molecule has 1 aliphatic rings. The van der Waals surface area contributed by atoms with E-state index in [2.05, 4.69) is 20.8 Å². The molecule has 1 N–H and O–H groups in total. The molecule has 10 heteroatoms. The van der Waals surface area contributed by atoms with Gasteiger partial charge >= 0.3 is 5.69 Å². The summed E-state index contributed by atoms with van der Waals surface area (Å²) in [6, 6.07) is 4.56. The lowest BCUT2D eigenvalue weighted by molar-refractivity contribution is 0.558. The van der Waals surface area contributed by atoms with Gasteiger partial charge in [-0.05, 0) is 44.9 Å². The fraction of sp³-hybridized carbons (Fsp3) is 0.353. The lowest BCUT2D eigenvalue weighted by atomic mass is 10.3. The van der Waals surface area contributed by atoms with Crippen molar-refractivity contribution in [3.05, 3.63) is 33.7 Å². The van der Waals surface area contributed by atoms with Crippen molar-refractivity contribution in [1.82, 2.24) is 24.1 Å². The Balaban J connectivity index is 1.94. The zero-order chi connectivity index (χ0) is 19.4. The van der Waals surface area contributed by atoms with Gasteiger partial charge in [0.2, 0.25) is 15.2 Å². The first-order valence-corrected chi connectivity index (χ1v) is 10.6. The normalized spacial score (nSPS) is 15.7. The van der Waals surface area contributed by atoms with E-state index >= 15 is 0 Å². The molecule has 3 aromatic rings. The van der Waals surface area contributed by atoms with Crippen LogP contribution in [0.4, 0.5) is 0 Å². The van der Waals surface area contributed by atoms with Crippen LogP contribution < -0.4 is 10.4 Å². The van der Waals surface area contributed by atoms with Crippen molar-refractivity contribution >= 4 is 32.4 Å². The highest BCUT2D eigenvalue weighted by molar-refractivity contribution is 7.89. The number of hydrogen-bond acceptors (Lipinski definition) is 6. The number of hydrogen-bond donors (Lipinski definition) is 1. The summed E-state index contributed by atoms with van der Waals surface area (Å²) in [6.45, 7) is 3.72. The molecule has 4 rings (SSSR count). The molecule has 0 atom stereocenters. The van der Waals surface area contributed by atoms with Crippen LogP contribution in [0.5, 0.6) is 0 Å². The molecule has 1 saturated carbocycles. The molecule has 0 unspecified atom stereocenters. The van der Waals surface area contributed by atoms with Crippen molar-refractivity contribution in [2.75, 3.05) is 0 Å². The number of terminal acetylenes is 1. The van der Waals surface area contributed by atoms with Crippen LogP contribution in [-0.4, -0.2) is 33.3 Å². The predicted octanol–water partition coefficient (Wildman–Crippen LogP) is 1.42. The van der Waals surface area contributed by atoms with Crippen LogP contribution in [0.25, 0.3) is 16.2 Å². The molecule has 27 heavy (non-hydrogen) atoms. The van der Waals surface area contributed by atoms with E-state index in [1.807, 2.05) is 6.92 Å². The highest BCUT2D eigenvalue weighted by atomic mass is 32.2. The van der Waals surface area contributed by atoms with Crippen LogP contribution in [0.1, 0.15) is 24.8 Å². The van der Waals surface area contributed by atoms with E-state index in [4.69, 9.17) is 6.42 Å². The summed E-state index contributed by atoms with van der Waals surface area (Å²) in [5.41, 5.74) is 0.201. The Morgan fingerprint density at radius 3 is 2.67 bits per heavy atom. The average Bonchev–Trinajstić information content (AvgIpc) is 3.05. The fourth-order valence-corrected chi connectivity index (χ4v) is 5.06. The molecule has 2 heterocycles. The molecule has 0 radical (unpaired) electrons. The van der Waals surface area contributed by atoms with Crippen LogP contribution in [0.15, 0.2) is 27.9 Å². The van der Waals surface area contributed by atoms with Gasteiger partial charge < -0.3 is 0 Å². The van der Waals surface area contributed by atoms with Gasteiger partial charge in [-0.2, -0.15) is 0 Å². The monoisotopic (exact) mass is 403 g/mol. The van der Waals surface area contributed by atoms with Crippen molar-refractivity contribution in [1.29, 1.82) is 0 Å². The number of imidazole rings is 1. The van der Waals surface area contributed by atoms with Crippen molar-refractivity contribution in [3.63, 3.8) is 0 Å². The second kappa shape index (κ2) is 6.02. The van der Waals surface area contributed by atoms with Crippen molar-refractivity contribution in [2.45, 2.75) is 43.7 Å². The third-order valence-electron chi connectivity index (χ3n) is 4.55. The van der Waals surface area contributed by atoms with Crippen LogP contribution in [-0.2, 0) is 16.6 Å². The second-order valence-electron chi connectivity index (χ2n) is 6.83. The minimum Gasteiger partial charge on any atom is -0.280 e. The second-order valence-corrected chi connectivity index (χ2v) is 9.67. The zero-order valence-corrected chi connectivity index (χ0v) is 16.4. The van der Waals surface area contributed by atoms with Crippen LogP contribution >= 0.6 is 11.3 Å². The topological polar surface area (TPSA) is 98.9 Å². The summed E-state index contributed by atoms with van der Waals surface area (Å²) in [5, 5.41) is 9.05. The van der Waals surface area contributed by atoms with Crippen molar-refractivity contribution in [3.8, 4) is 17.5 Å². The Bertz CT molecular complexity index is 1260. The summed E-state index contributed by atoms with van der Waals surface area (Å²) in [4.78, 5) is 13.0. The van der Waals surface area contributed by atoms with Crippen LogP contribution in [0, 0.1) is 19.3 Å². The number of nitrogens with one attached hydrogen (secondary N) is 1. The molecule has 0 bridgehead atoms. The first-order chi connectivity index (χ1) is 12.7. The van der Waals surface area contributed by atoms with Gasteiger partial charge in [-0.1, -0.05) is 17.3 Å². The number of benzene rings is 1. The van der Waals surface area contributed by atoms with E-state index in [1.54, 1.807) is 13.0 Å². The maximum Gasteiger partial charge on any atom is 0.336 e. The van der Waals surface area contributed by atoms with E-state index < -0.39 is 10.0 Å². The first kappa shape index (κ1) is 17.9. The van der Waals surface area contributed by atoms with E-state index in [9.17, 15) is 13.2 Å². The van der Waals surface area contributed by atoms with Crippen LogP contribution in [0.3, 0.4) is 0 Å². The minimum atomic E-state index is -3.70. The molecule has 1 aliphatic carbocycles. The van der Waals surface area contributed by atoms with Gasteiger partial charge in [-0.25, -0.2) is 22.5 Å². The molecule has 140 valence electrons. The van der Waals surface area contributed by atoms with Gasteiger partial charge in [0.15, 0.2) is 0 Å². The molecule has 1 aromatic carbocycles. The van der Waals surface area contributed by atoms with Crippen LogP contribution in [0.2, 0.25) is 0 Å². The molecule has 0 saturated heterocycles. The average molecular weight is 403 g/mol. The van der Waals surface area contributed by atoms with Gasteiger partial charge in [0.05, 0.1) is 22.5 Å². The molecule has 0 amide bonds. The van der Waals surface area contributed by atoms with Gasteiger partial charge in [-0.15, -0.1) is 16.6 Å². The zero-order valence-electron chi connectivity index (χ0n) is 14.8. The van der Waals surface area contributed by atoms with Crippen molar-refractivity contribution < 1.29 is 8.42 Å². The summed E-state index contributed by atoms with van der Waals surface area (Å²) >= 11 is 1.25.